The zero-order valence-electron chi connectivity index (χ0n) is 10.6. The highest BCUT2D eigenvalue weighted by atomic mass is 32.2. The fraction of sp³-hybridized carbons (Fsp3) is 0.778. The van der Waals surface area contributed by atoms with E-state index in [9.17, 15) is 18.0 Å². The first-order chi connectivity index (χ1) is 8.86. The first-order valence-corrected chi connectivity index (χ1v) is 7.17. The molecule has 9 nitrogen and oxygen atoms in total. The highest BCUT2D eigenvalue weighted by molar-refractivity contribution is 7.87. The first-order valence-electron chi connectivity index (χ1n) is 5.73. The minimum atomic E-state index is -4.15. The number of hydrogen-bond donors (Lipinski definition) is 3. The van der Waals surface area contributed by atoms with Crippen molar-refractivity contribution in [1.82, 2.24) is 14.3 Å². The van der Waals surface area contributed by atoms with Gasteiger partial charge in [0.2, 0.25) is 5.91 Å². The summed E-state index contributed by atoms with van der Waals surface area (Å²) in [6.07, 6.45) is -0.0338. The predicted octanol–water partition coefficient (Wildman–Crippen LogP) is -1.87. The van der Waals surface area contributed by atoms with E-state index in [2.05, 4.69) is 10.1 Å². The van der Waals surface area contributed by atoms with E-state index in [1.54, 1.807) is 4.72 Å². The maximum absolute atomic E-state index is 12.0. The van der Waals surface area contributed by atoms with Crippen molar-refractivity contribution in [2.24, 2.45) is 5.73 Å². The van der Waals surface area contributed by atoms with Crippen molar-refractivity contribution < 1.29 is 22.7 Å². The molecule has 0 bridgehead atoms. The van der Waals surface area contributed by atoms with E-state index in [0.717, 1.165) is 11.4 Å². The Kier molecular flexibility index (Phi) is 5.51. The van der Waals surface area contributed by atoms with E-state index in [1.807, 2.05) is 0 Å². The molecule has 110 valence electrons. The minimum Gasteiger partial charge on any atom is -0.452 e. The van der Waals surface area contributed by atoms with Crippen LogP contribution in [0.2, 0.25) is 0 Å². The first kappa shape index (κ1) is 15.7. The molecule has 0 aromatic heterocycles. The Morgan fingerprint density at radius 3 is 2.47 bits per heavy atom. The molecule has 1 aliphatic rings. The van der Waals surface area contributed by atoms with Gasteiger partial charge in [0.05, 0.1) is 13.7 Å². The van der Waals surface area contributed by atoms with Gasteiger partial charge in [0, 0.05) is 6.04 Å². The summed E-state index contributed by atoms with van der Waals surface area (Å²) in [4.78, 5) is 22.0. The largest absolute Gasteiger partial charge is 0.452 e. The summed E-state index contributed by atoms with van der Waals surface area (Å²) < 4.78 is 30.9. The molecule has 4 N–H and O–H groups in total. The number of nitrogens with zero attached hydrogens (tertiary/aromatic N) is 1. The van der Waals surface area contributed by atoms with E-state index < -0.39 is 28.8 Å². The number of hydrogen-bond acceptors (Lipinski definition) is 6. The summed E-state index contributed by atoms with van der Waals surface area (Å²) in [6.45, 7) is 0.790. The third-order valence-corrected chi connectivity index (χ3v) is 4.20. The van der Waals surface area contributed by atoms with Crippen molar-refractivity contribution >= 4 is 22.2 Å². The summed E-state index contributed by atoms with van der Waals surface area (Å²) in [6, 6.07) is -0.379. The zero-order valence-corrected chi connectivity index (χ0v) is 11.4. The van der Waals surface area contributed by atoms with Crippen molar-refractivity contribution in [1.29, 1.82) is 0 Å². The van der Waals surface area contributed by atoms with Crippen molar-refractivity contribution in [3.63, 3.8) is 0 Å². The van der Waals surface area contributed by atoms with Crippen LogP contribution in [-0.2, 0) is 19.7 Å². The standard InChI is InChI=1S/C9H18N4O5S/c1-18-9(15)12-19(16,17)13(6-8(10)14)7-2-4-11-5-3-7/h7,11H,2-6H2,1H3,(H2,10,14)(H,12,15). The molecular weight excluding hydrogens is 276 g/mol. The number of amides is 2. The third-order valence-electron chi connectivity index (χ3n) is 2.73. The molecule has 0 aliphatic carbocycles. The molecule has 0 unspecified atom stereocenters. The lowest BCUT2D eigenvalue weighted by Crippen LogP contribution is -2.53. The third kappa shape index (κ3) is 4.65. The van der Waals surface area contributed by atoms with Gasteiger partial charge in [-0.3, -0.25) is 4.79 Å². The van der Waals surface area contributed by atoms with E-state index in [1.165, 1.54) is 0 Å². The zero-order chi connectivity index (χ0) is 14.5. The average molecular weight is 294 g/mol. The number of nitrogens with two attached hydrogens (primary N) is 1. The van der Waals surface area contributed by atoms with Crippen LogP contribution in [0.3, 0.4) is 0 Å². The Morgan fingerprint density at radius 1 is 1.42 bits per heavy atom. The molecule has 1 saturated heterocycles. The molecule has 0 radical (unpaired) electrons. The van der Waals surface area contributed by atoms with Crippen LogP contribution in [0.15, 0.2) is 0 Å². The summed E-state index contributed by atoms with van der Waals surface area (Å²) in [5.74, 6) is -0.784. The monoisotopic (exact) mass is 294 g/mol. The van der Waals surface area contributed by atoms with E-state index >= 15 is 0 Å². The molecule has 1 fully saturated rings. The lowest BCUT2D eigenvalue weighted by molar-refractivity contribution is -0.118. The molecule has 19 heavy (non-hydrogen) atoms. The minimum absolute atomic E-state index is 0.379. The van der Waals surface area contributed by atoms with Crippen LogP contribution in [0, 0.1) is 0 Å². The number of methoxy groups -OCH3 is 1. The molecule has 0 atom stereocenters. The van der Waals surface area contributed by atoms with E-state index in [4.69, 9.17) is 5.73 Å². The quantitative estimate of drug-likeness (QED) is 0.544. The highest BCUT2D eigenvalue weighted by Gasteiger charge is 2.33. The molecule has 0 saturated carbocycles. The smallest absolute Gasteiger partial charge is 0.421 e. The SMILES string of the molecule is COC(=O)NS(=O)(=O)N(CC(N)=O)C1CCNCC1. The molecular formula is C9H18N4O5S. The average Bonchev–Trinajstić information content (AvgIpc) is 2.36. The Morgan fingerprint density at radius 2 is 2.00 bits per heavy atom. The van der Waals surface area contributed by atoms with Crippen LogP contribution in [0.5, 0.6) is 0 Å². The summed E-state index contributed by atoms with van der Waals surface area (Å²) >= 11 is 0. The van der Waals surface area contributed by atoms with Gasteiger partial charge in [0.1, 0.15) is 0 Å². The van der Waals surface area contributed by atoms with Gasteiger partial charge in [0.25, 0.3) is 0 Å². The van der Waals surface area contributed by atoms with Gasteiger partial charge in [0.15, 0.2) is 0 Å². The van der Waals surface area contributed by atoms with Gasteiger partial charge in [-0.05, 0) is 25.9 Å². The number of primary amides is 1. The van der Waals surface area contributed by atoms with Gasteiger partial charge >= 0.3 is 16.3 Å². The lowest BCUT2D eigenvalue weighted by atomic mass is 10.1. The van der Waals surface area contributed by atoms with Gasteiger partial charge in [-0.25, -0.2) is 9.52 Å². The van der Waals surface area contributed by atoms with Gasteiger partial charge in [-0.1, -0.05) is 0 Å². The number of nitrogens with one attached hydrogen (secondary N) is 2. The maximum atomic E-state index is 12.0. The maximum Gasteiger partial charge on any atom is 0.421 e. The van der Waals surface area contributed by atoms with E-state index in [0.29, 0.717) is 25.9 Å². The molecule has 10 heteroatoms. The molecule has 1 rings (SSSR count). The van der Waals surface area contributed by atoms with E-state index in [-0.39, 0.29) is 6.04 Å². The fourth-order valence-electron chi connectivity index (χ4n) is 1.86. The Labute approximate surface area is 111 Å². The van der Waals surface area contributed by atoms with Crippen molar-refractivity contribution in [3.05, 3.63) is 0 Å². The van der Waals surface area contributed by atoms with Crippen molar-refractivity contribution in [2.75, 3.05) is 26.7 Å². The molecule has 2 amide bonds. The number of piperidine rings is 1. The molecule has 0 aromatic carbocycles. The second-order valence-corrected chi connectivity index (χ2v) is 5.71. The van der Waals surface area contributed by atoms with Gasteiger partial charge in [-0.2, -0.15) is 12.7 Å². The number of carbonyl (C=O) groups excluding carboxylic acids is 2. The molecule has 1 heterocycles. The highest BCUT2D eigenvalue weighted by Crippen LogP contribution is 2.15. The molecule has 1 aliphatic heterocycles. The molecule has 0 aromatic rings. The summed E-state index contributed by atoms with van der Waals surface area (Å²) in [5.41, 5.74) is 5.06. The topological polar surface area (TPSA) is 131 Å². The summed E-state index contributed by atoms with van der Waals surface area (Å²) in [5, 5.41) is 3.08. The summed E-state index contributed by atoms with van der Waals surface area (Å²) in [7, 11) is -3.10. The second kappa shape index (κ2) is 6.68. The predicted molar refractivity (Wildman–Crippen MR) is 66.3 cm³/mol. The van der Waals surface area contributed by atoms with Crippen LogP contribution >= 0.6 is 0 Å². The second-order valence-electron chi connectivity index (χ2n) is 4.09. The van der Waals surface area contributed by atoms with Crippen LogP contribution in [0.25, 0.3) is 0 Å². The fourth-order valence-corrected chi connectivity index (χ4v) is 3.18. The molecule has 0 spiro atoms. The van der Waals surface area contributed by atoms with Gasteiger partial charge < -0.3 is 15.8 Å². The number of rotatable bonds is 5. The normalized spacial score (nSPS) is 17.2. The Bertz CT molecular complexity index is 432. The van der Waals surface area contributed by atoms with Crippen LogP contribution in [0.1, 0.15) is 12.8 Å². The van der Waals surface area contributed by atoms with Gasteiger partial charge in [-0.15, -0.1) is 0 Å². The number of carbonyl (C=O) groups is 2. The van der Waals surface area contributed by atoms with Crippen molar-refractivity contribution in [2.45, 2.75) is 18.9 Å². The van der Waals surface area contributed by atoms with Crippen LogP contribution in [0.4, 0.5) is 4.79 Å². The van der Waals surface area contributed by atoms with Crippen molar-refractivity contribution in [3.8, 4) is 0 Å². The number of ether oxygens (including phenoxy) is 1. The van der Waals surface area contributed by atoms with Crippen LogP contribution < -0.4 is 15.8 Å². The van der Waals surface area contributed by atoms with Crippen LogP contribution in [-0.4, -0.2) is 57.5 Å². The Balaban J connectivity index is 2.88. The Hall–Kier alpha value is -1.39. The lowest BCUT2D eigenvalue weighted by Gasteiger charge is -2.32.